The van der Waals surface area contributed by atoms with Gasteiger partial charge in [-0.15, -0.1) is 0 Å². The van der Waals surface area contributed by atoms with Crippen molar-refractivity contribution in [2.24, 2.45) is 0 Å². The van der Waals surface area contributed by atoms with Crippen molar-refractivity contribution in [3.8, 4) is 0 Å². The van der Waals surface area contributed by atoms with Crippen LogP contribution >= 0.6 is 0 Å². The molecule has 0 aromatic heterocycles. The third kappa shape index (κ3) is 1.76. The Morgan fingerprint density at radius 3 is 2.50 bits per heavy atom. The third-order valence-electron chi connectivity index (χ3n) is 3.82. The van der Waals surface area contributed by atoms with Gasteiger partial charge in [-0.1, -0.05) is 55.5 Å². The Morgan fingerprint density at radius 2 is 1.83 bits per heavy atom. The second kappa shape index (κ2) is 4.41. The molecule has 0 spiro atoms. The van der Waals surface area contributed by atoms with E-state index in [1.165, 1.54) is 16.7 Å². The first kappa shape index (κ1) is 11.2. The van der Waals surface area contributed by atoms with Crippen molar-refractivity contribution in [1.29, 1.82) is 0 Å². The van der Waals surface area contributed by atoms with Gasteiger partial charge in [-0.25, -0.2) is 0 Å². The molecule has 3 rings (SSSR count). The van der Waals surface area contributed by atoms with Crippen molar-refractivity contribution in [3.05, 3.63) is 70.8 Å². The Labute approximate surface area is 107 Å². The number of ketones is 1. The van der Waals surface area contributed by atoms with Crippen LogP contribution < -0.4 is 0 Å². The molecule has 2 aromatic carbocycles. The summed E-state index contributed by atoms with van der Waals surface area (Å²) in [5.41, 5.74) is 4.65. The smallest absolute Gasteiger partial charge is 0.170 e. The predicted octanol–water partition coefficient (Wildman–Crippen LogP) is 3.77. The van der Waals surface area contributed by atoms with Crippen LogP contribution in [0.3, 0.4) is 0 Å². The summed E-state index contributed by atoms with van der Waals surface area (Å²) >= 11 is 0. The topological polar surface area (TPSA) is 17.1 Å². The second-order valence-electron chi connectivity index (χ2n) is 4.87. The van der Waals surface area contributed by atoms with Crippen molar-refractivity contribution in [2.45, 2.75) is 25.7 Å². The Balaban J connectivity index is 1.84. The second-order valence-corrected chi connectivity index (χ2v) is 4.87. The van der Waals surface area contributed by atoms with E-state index in [1.807, 2.05) is 24.3 Å². The van der Waals surface area contributed by atoms with Gasteiger partial charge in [0.15, 0.2) is 5.78 Å². The number of hydrogen-bond acceptors (Lipinski definition) is 1. The lowest BCUT2D eigenvalue weighted by molar-refractivity contribution is 0.0949. The van der Waals surface area contributed by atoms with Crippen molar-refractivity contribution in [2.75, 3.05) is 0 Å². The molecule has 0 fully saturated rings. The van der Waals surface area contributed by atoms with Gasteiger partial charge in [-0.05, 0) is 29.5 Å². The largest absolute Gasteiger partial charge is 0.293 e. The van der Waals surface area contributed by atoms with Crippen LogP contribution in [0.4, 0.5) is 0 Å². The Morgan fingerprint density at radius 1 is 1.11 bits per heavy atom. The minimum atomic E-state index is 0.0775. The SMILES string of the molecule is CCc1ccc(C(=O)C2Cc3ccccc32)cc1. The Kier molecular flexibility index (Phi) is 2.75. The summed E-state index contributed by atoms with van der Waals surface area (Å²) in [5, 5.41) is 0. The van der Waals surface area contributed by atoms with E-state index in [0.29, 0.717) is 0 Å². The summed E-state index contributed by atoms with van der Waals surface area (Å²) in [6.45, 7) is 2.12. The van der Waals surface area contributed by atoms with E-state index in [2.05, 4.69) is 31.2 Å². The Hall–Kier alpha value is -1.89. The van der Waals surface area contributed by atoms with Crippen LogP contribution in [0.1, 0.15) is 39.9 Å². The van der Waals surface area contributed by atoms with Crippen LogP contribution in [0.15, 0.2) is 48.5 Å². The number of benzene rings is 2. The highest BCUT2D eigenvalue weighted by Gasteiger charge is 2.31. The number of aryl methyl sites for hydroxylation is 1. The van der Waals surface area contributed by atoms with E-state index in [-0.39, 0.29) is 11.7 Å². The molecule has 0 N–H and O–H groups in total. The van der Waals surface area contributed by atoms with Crippen LogP contribution in [0.2, 0.25) is 0 Å². The minimum absolute atomic E-state index is 0.0775. The van der Waals surface area contributed by atoms with Crippen LogP contribution in [-0.2, 0) is 12.8 Å². The first-order valence-electron chi connectivity index (χ1n) is 6.50. The molecule has 1 atom stereocenters. The highest BCUT2D eigenvalue weighted by atomic mass is 16.1. The monoisotopic (exact) mass is 236 g/mol. The fourth-order valence-electron chi connectivity index (χ4n) is 2.60. The molecule has 0 saturated carbocycles. The zero-order valence-corrected chi connectivity index (χ0v) is 10.5. The summed E-state index contributed by atoms with van der Waals surface area (Å²) < 4.78 is 0. The maximum absolute atomic E-state index is 12.4. The number of carbonyl (C=O) groups excluding carboxylic acids is 1. The van der Waals surface area contributed by atoms with Gasteiger partial charge >= 0.3 is 0 Å². The lowest BCUT2D eigenvalue weighted by atomic mass is 9.74. The molecule has 1 aliphatic carbocycles. The number of fused-ring (bicyclic) bond motifs is 1. The first-order valence-corrected chi connectivity index (χ1v) is 6.50. The molecule has 1 heteroatoms. The van der Waals surface area contributed by atoms with Crippen LogP contribution in [0, 0.1) is 0 Å². The van der Waals surface area contributed by atoms with E-state index in [0.717, 1.165) is 18.4 Å². The number of carbonyl (C=O) groups is 1. The van der Waals surface area contributed by atoms with Crippen molar-refractivity contribution >= 4 is 5.78 Å². The molecule has 1 unspecified atom stereocenters. The van der Waals surface area contributed by atoms with Crippen LogP contribution in [0.5, 0.6) is 0 Å². The number of rotatable bonds is 3. The molecule has 0 radical (unpaired) electrons. The summed E-state index contributed by atoms with van der Waals surface area (Å²) in [6.07, 6.45) is 1.91. The third-order valence-corrected chi connectivity index (χ3v) is 3.82. The van der Waals surface area contributed by atoms with Crippen LogP contribution in [0.25, 0.3) is 0 Å². The quantitative estimate of drug-likeness (QED) is 0.741. The molecule has 90 valence electrons. The van der Waals surface area contributed by atoms with E-state index < -0.39 is 0 Å². The van der Waals surface area contributed by atoms with E-state index in [4.69, 9.17) is 0 Å². The predicted molar refractivity (Wildman–Crippen MR) is 73.0 cm³/mol. The lowest BCUT2D eigenvalue weighted by Crippen LogP contribution is -2.25. The molecule has 0 saturated heterocycles. The lowest BCUT2D eigenvalue weighted by Gasteiger charge is -2.28. The molecule has 0 heterocycles. The number of Topliss-reactive ketones (excluding diaryl/α,β-unsaturated/α-hetero) is 1. The van der Waals surface area contributed by atoms with Gasteiger partial charge in [0.1, 0.15) is 0 Å². The standard InChI is InChI=1S/C17H16O/c1-2-12-7-9-13(10-8-12)17(18)16-11-14-5-3-4-6-15(14)16/h3-10,16H,2,11H2,1H3. The molecule has 1 aliphatic rings. The van der Waals surface area contributed by atoms with Crippen LogP contribution in [-0.4, -0.2) is 5.78 Å². The van der Waals surface area contributed by atoms with E-state index in [1.54, 1.807) is 0 Å². The van der Waals surface area contributed by atoms with E-state index in [9.17, 15) is 4.79 Å². The number of hydrogen-bond donors (Lipinski definition) is 0. The van der Waals surface area contributed by atoms with Gasteiger partial charge < -0.3 is 0 Å². The molecule has 0 amide bonds. The van der Waals surface area contributed by atoms with Gasteiger partial charge in [0, 0.05) is 5.56 Å². The summed E-state index contributed by atoms with van der Waals surface area (Å²) in [5.74, 6) is 0.338. The zero-order valence-electron chi connectivity index (χ0n) is 10.5. The highest BCUT2D eigenvalue weighted by molar-refractivity contribution is 6.02. The van der Waals surface area contributed by atoms with Crippen molar-refractivity contribution < 1.29 is 4.79 Å². The van der Waals surface area contributed by atoms with Gasteiger partial charge in [-0.3, -0.25) is 4.79 Å². The molecule has 0 aliphatic heterocycles. The molecule has 1 nitrogen and oxygen atoms in total. The van der Waals surface area contributed by atoms with Gasteiger partial charge in [0.2, 0.25) is 0 Å². The average Bonchev–Trinajstić information content (AvgIpc) is 2.40. The zero-order chi connectivity index (χ0) is 12.5. The van der Waals surface area contributed by atoms with Gasteiger partial charge in [-0.2, -0.15) is 0 Å². The molecule has 2 aromatic rings. The fourth-order valence-corrected chi connectivity index (χ4v) is 2.60. The van der Waals surface area contributed by atoms with Gasteiger partial charge in [0.25, 0.3) is 0 Å². The average molecular weight is 236 g/mol. The first-order chi connectivity index (χ1) is 8.79. The minimum Gasteiger partial charge on any atom is -0.293 e. The van der Waals surface area contributed by atoms with E-state index >= 15 is 0 Å². The summed E-state index contributed by atoms with van der Waals surface area (Å²) in [6, 6.07) is 16.3. The maximum Gasteiger partial charge on any atom is 0.170 e. The summed E-state index contributed by atoms with van der Waals surface area (Å²) in [4.78, 5) is 12.4. The van der Waals surface area contributed by atoms with Crippen molar-refractivity contribution in [3.63, 3.8) is 0 Å². The fraction of sp³-hybridized carbons (Fsp3) is 0.235. The van der Waals surface area contributed by atoms with Gasteiger partial charge in [0.05, 0.1) is 5.92 Å². The molecular formula is C17H16O. The Bertz CT molecular complexity index is 581. The summed E-state index contributed by atoms with van der Waals surface area (Å²) in [7, 11) is 0. The highest BCUT2D eigenvalue weighted by Crippen LogP contribution is 2.37. The molecule has 0 bridgehead atoms. The maximum atomic E-state index is 12.4. The van der Waals surface area contributed by atoms with Crippen molar-refractivity contribution in [1.82, 2.24) is 0 Å². The molecular weight excluding hydrogens is 220 g/mol. The normalized spacial score (nSPS) is 16.8. The molecule has 18 heavy (non-hydrogen) atoms.